The molecule has 8 heteroatoms. The van der Waals surface area contributed by atoms with E-state index in [-0.39, 0.29) is 11.5 Å². The van der Waals surface area contributed by atoms with E-state index in [4.69, 9.17) is 14.0 Å². The molecule has 8 nitrogen and oxygen atoms in total. The SMILES string of the molecule is COCc1noc(CC2CCOC3(CCN(C(=O)c4ccc5ncccc5c4)CC3)C2)n1. The first-order chi connectivity index (χ1) is 15.6. The Hall–Kier alpha value is -2.84. The van der Waals surface area contributed by atoms with Gasteiger partial charge in [-0.1, -0.05) is 11.2 Å². The van der Waals surface area contributed by atoms with E-state index < -0.39 is 0 Å². The molecule has 1 spiro atoms. The minimum Gasteiger partial charge on any atom is -0.377 e. The largest absolute Gasteiger partial charge is 0.377 e. The number of methoxy groups -OCH3 is 1. The third-order valence-corrected chi connectivity index (χ3v) is 6.65. The van der Waals surface area contributed by atoms with Crippen molar-refractivity contribution in [3.05, 3.63) is 53.8 Å². The number of nitrogens with zero attached hydrogens (tertiary/aromatic N) is 4. The Bertz CT molecular complexity index is 1090. The molecule has 1 amide bonds. The molecule has 32 heavy (non-hydrogen) atoms. The highest BCUT2D eigenvalue weighted by Gasteiger charge is 2.41. The van der Waals surface area contributed by atoms with Gasteiger partial charge in [-0.15, -0.1) is 0 Å². The van der Waals surface area contributed by atoms with Gasteiger partial charge in [0.2, 0.25) is 5.89 Å². The van der Waals surface area contributed by atoms with Gasteiger partial charge in [-0.2, -0.15) is 4.98 Å². The molecule has 1 unspecified atom stereocenters. The van der Waals surface area contributed by atoms with Gasteiger partial charge < -0.3 is 18.9 Å². The van der Waals surface area contributed by atoms with Gasteiger partial charge in [-0.05, 0) is 55.9 Å². The third kappa shape index (κ3) is 4.38. The molecule has 3 aromatic rings. The number of amides is 1. The van der Waals surface area contributed by atoms with Gasteiger partial charge >= 0.3 is 0 Å². The van der Waals surface area contributed by atoms with E-state index >= 15 is 0 Å². The van der Waals surface area contributed by atoms with Crippen molar-refractivity contribution in [3.63, 3.8) is 0 Å². The predicted molar refractivity (Wildman–Crippen MR) is 117 cm³/mol. The fourth-order valence-corrected chi connectivity index (χ4v) is 4.97. The summed E-state index contributed by atoms with van der Waals surface area (Å²) < 4.78 is 16.7. The number of carbonyl (C=O) groups excluding carboxylic acids is 1. The molecule has 2 fully saturated rings. The van der Waals surface area contributed by atoms with Crippen LogP contribution in [0.1, 0.15) is 47.8 Å². The number of hydrogen-bond acceptors (Lipinski definition) is 7. The topological polar surface area (TPSA) is 90.6 Å². The van der Waals surface area contributed by atoms with Crippen LogP contribution in [-0.2, 0) is 22.5 Å². The first-order valence-electron chi connectivity index (χ1n) is 11.2. The molecule has 2 aliphatic heterocycles. The number of carbonyl (C=O) groups is 1. The molecule has 0 aliphatic carbocycles. The number of ether oxygens (including phenoxy) is 2. The van der Waals surface area contributed by atoms with Crippen molar-refractivity contribution in [1.29, 1.82) is 0 Å². The van der Waals surface area contributed by atoms with Crippen LogP contribution in [0.2, 0.25) is 0 Å². The summed E-state index contributed by atoms with van der Waals surface area (Å²) in [7, 11) is 1.62. The maximum absolute atomic E-state index is 13.1. The molecular formula is C24H28N4O4. The zero-order valence-corrected chi connectivity index (χ0v) is 18.3. The summed E-state index contributed by atoms with van der Waals surface area (Å²) in [5.74, 6) is 1.77. The number of fused-ring (bicyclic) bond motifs is 1. The molecule has 0 bridgehead atoms. The number of likely N-dealkylation sites (tertiary alicyclic amines) is 1. The lowest BCUT2D eigenvalue weighted by Crippen LogP contribution is -2.51. The second-order valence-electron chi connectivity index (χ2n) is 8.83. The normalized spacial score (nSPS) is 20.7. The fourth-order valence-electron chi connectivity index (χ4n) is 4.97. The molecule has 168 valence electrons. The molecule has 2 saturated heterocycles. The Morgan fingerprint density at radius 1 is 1.28 bits per heavy atom. The van der Waals surface area contributed by atoms with E-state index in [1.165, 1.54) is 0 Å². The van der Waals surface area contributed by atoms with Crippen LogP contribution in [0.25, 0.3) is 10.9 Å². The van der Waals surface area contributed by atoms with Crippen LogP contribution in [0.4, 0.5) is 0 Å². The quantitative estimate of drug-likeness (QED) is 0.605. The maximum Gasteiger partial charge on any atom is 0.253 e. The van der Waals surface area contributed by atoms with Crippen molar-refractivity contribution in [2.75, 3.05) is 26.8 Å². The van der Waals surface area contributed by atoms with Gasteiger partial charge in [0.05, 0.1) is 11.1 Å². The van der Waals surface area contributed by atoms with Crippen LogP contribution in [0.15, 0.2) is 41.1 Å². The van der Waals surface area contributed by atoms with E-state index in [0.29, 0.717) is 42.9 Å². The van der Waals surface area contributed by atoms with E-state index in [9.17, 15) is 4.79 Å². The second-order valence-corrected chi connectivity index (χ2v) is 8.83. The summed E-state index contributed by atoms with van der Waals surface area (Å²) in [6.07, 6.45) is 6.17. The van der Waals surface area contributed by atoms with Crippen molar-refractivity contribution >= 4 is 16.8 Å². The molecule has 2 aliphatic rings. The first-order valence-corrected chi connectivity index (χ1v) is 11.2. The number of aromatic nitrogens is 3. The van der Waals surface area contributed by atoms with E-state index in [1.807, 2.05) is 35.2 Å². The Morgan fingerprint density at radius 2 is 2.16 bits per heavy atom. The van der Waals surface area contributed by atoms with Crippen LogP contribution in [0.3, 0.4) is 0 Å². The van der Waals surface area contributed by atoms with Gasteiger partial charge in [0, 0.05) is 50.4 Å². The van der Waals surface area contributed by atoms with Crippen LogP contribution in [-0.4, -0.2) is 58.3 Å². The highest BCUT2D eigenvalue weighted by Crippen LogP contribution is 2.39. The zero-order valence-electron chi connectivity index (χ0n) is 18.3. The Kier molecular flexibility index (Phi) is 5.89. The second kappa shape index (κ2) is 8.96. The number of rotatable bonds is 5. The summed E-state index contributed by atoms with van der Waals surface area (Å²) in [5, 5.41) is 4.95. The van der Waals surface area contributed by atoms with Crippen LogP contribution >= 0.6 is 0 Å². The van der Waals surface area contributed by atoms with Crippen LogP contribution < -0.4 is 0 Å². The van der Waals surface area contributed by atoms with E-state index in [2.05, 4.69) is 15.1 Å². The Morgan fingerprint density at radius 3 is 3.00 bits per heavy atom. The summed E-state index contributed by atoms with van der Waals surface area (Å²) in [4.78, 5) is 23.8. The molecule has 0 saturated carbocycles. The van der Waals surface area contributed by atoms with Gasteiger partial charge in [0.15, 0.2) is 5.82 Å². The molecule has 0 radical (unpaired) electrons. The van der Waals surface area contributed by atoms with Crippen molar-refractivity contribution in [2.24, 2.45) is 5.92 Å². The van der Waals surface area contributed by atoms with E-state index in [0.717, 1.165) is 49.6 Å². The van der Waals surface area contributed by atoms with Gasteiger partial charge in [0.1, 0.15) is 6.61 Å². The van der Waals surface area contributed by atoms with Crippen LogP contribution in [0, 0.1) is 5.92 Å². The summed E-state index contributed by atoms with van der Waals surface area (Å²) in [5.41, 5.74) is 1.45. The predicted octanol–water partition coefficient (Wildman–Crippen LogP) is 3.41. The summed E-state index contributed by atoms with van der Waals surface area (Å²) >= 11 is 0. The standard InChI is InChI=1S/C24H28N4O4/c1-30-16-21-26-22(32-27-21)13-17-6-12-31-24(15-17)7-10-28(11-8-24)23(29)19-4-5-20-18(14-19)3-2-9-25-20/h2-5,9,14,17H,6-8,10-13,15-16H2,1H3. The third-order valence-electron chi connectivity index (χ3n) is 6.65. The Labute approximate surface area is 186 Å². The first kappa shape index (κ1) is 21.0. The summed E-state index contributed by atoms with van der Waals surface area (Å²) in [6.45, 7) is 2.50. The highest BCUT2D eigenvalue weighted by atomic mass is 16.5. The van der Waals surface area contributed by atoms with Gasteiger partial charge in [0.25, 0.3) is 5.91 Å². The number of pyridine rings is 1. The average Bonchev–Trinajstić information content (AvgIpc) is 3.26. The average molecular weight is 437 g/mol. The van der Waals surface area contributed by atoms with Crippen molar-refractivity contribution in [2.45, 2.75) is 44.3 Å². The maximum atomic E-state index is 13.1. The number of piperidine rings is 1. The number of hydrogen-bond donors (Lipinski definition) is 0. The molecule has 1 aromatic carbocycles. The van der Waals surface area contributed by atoms with Crippen LogP contribution in [0.5, 0.6) is 0 Å². The van der Waals surface area contributed by atoms with Crippen molar-refractivity contribution in [1.82, 2.24) is 20.0 Å². The van der Waals surface area contributed by atoms with E-state index in [1.54, 1.807) is 13.3 Å². The van der Waals surface area contributed by atoms with Gasteiger partial charge in [-0.25, -0.2) is 0 Å². The smallest absolute Gasteiger partial charge is 0.253 e. The molecule has 5 rings (SSSR count). The Balaban J connectivity index is 1.20. The minimum absolute atomic E-state index is 0.0782. The lowest BCUT2D eigenvalue weighted by Gasteiger charge is -2.46. The highest BCUT2D eigenvalue weighted by molar-refractivity contribution is 5.98. The minimum atomic E-state index is -0.164. The fraction of sp³-hybridized carbons (Fsp3) is 0.500. The molecule has 2 aromatic heterocycles. The zero-order chi connectivity index (χ0) is 22.0. The lowest BCUT2D eigenvalue weighted by atomic mass is 9.78. The molecule has 4 heterocycles. The van der Waals surface area contributed by atoms with Gasteiger partial charge in [-0.3, -0.25) is 9.78 Å². The van der Waals surface area contributed by atoms with Crippen molar-refractivity contribution < 1.29 is 18.8 Å². The molecular weight excluding hydrogens is 408 g/mol. The molecule has 1 atom stereocenters. The van der Waals surface area contributed by atoms with Crippen molar-refractivity contribution in [3.8, 4) is 0 Å². The number of benzene rings is 1. The monoisotopic (exact) mass is 436 g/mol. The molecule has 0 N–H and O–H groups in total. The summed E-state index contributed by atoms with van der Waals surface area (Å²) in [6, 6.07) is 9.60. The lowest BCUT2D eigenvalue weighted by molar-refractivity contribution is -0.124.